The first-order valence-corrected chi connectivity index (χ1v) is 10.5. The summed E-state index contributed by atoms with van der Waals surface area (Å²) in [5.41, 5.74) is 4.53. The van der Waals surface area contributed by atoms with Crippen LogP contribution in [0.25, 0.3) is 0 Å². The predicted octanol–water partition coefficient (Wildman–Crippen LogP) is 5.14. The van der Waals surface area contributed by atoms with Crippen molar-refractivity contribution < 1.29 is 4.79 Å². The molecule has 0 saturated carbocycles. The Bertz CT molecular complexity index is 1010. The molecule has 1 amide bonds. The predicted molar refractivity (Wildman–Crippen MR) is 114 cm³/mol. The average molecular weight is 388 g/mol. The fourth-order valence-electron chi connectivity index (χ4n) is 3.87. The van der Waals surface area contributed by atoms with E-state index in [1.807, 2.05) is 30.0 Å². The second kappa shape index (κ2) is 7.32. The highest BCUT2D eigenvalue weighted by Crippen LogP contribution is 2.46. The van der Waals surface area contributed by atoms with Crippen LogP contribution in [0.4, 0.5) is 5.69 Å². The van der Waals surface area contributed by atoms with Crippen molar-refractivity contribution in [3.8, 4) is 0 Å². The number of benzene rings is 2. The van der Waals surface area contributed by atoms with Gasteiger partial charge in [-0.2, -0.15) is 5.10 Å². The van der Waals surface area contributed by atoms with Gasteiger partial charge in [0.05, 0.1) is 11.4 Å². The number of hydrogen-bond donors (Lipinski definition) is 0. The highest BCUT2D eigenvalue weighted by atomic mass is 32.2. The van der Waals surface area contributed by atoms with Crippen molar-refractivity contribution in [3.05, 3.63) is 82.9 Å². The molecule has 5 heteroatoms. The van der Waals surface area contributed by atoms with E-state index in [-0.39, 0.29) is 5.91 Å². The molecule has 2 aromatic rings. The highest BCUT2D eigenvalue weighted by Gasteiger charge is 2.30. The van der Waals surface area contributed by atoms with Gasteiger partial charge in [0.25, 0.3) is 0 Å². The maximum Gasteiger partial charge on any atom is 0.244 e. The van der Waals surface area contributed by atoms with E-state index in [0.29, 0.717) is 19.5 Å². The standard InChI is InChI=1S/C23H21N3OS/c27-23-15-14-18(17-8-2-1-3-9-17)24-26(23)16-25-19-10-4-6-12-21(19)28-22-13-7-5-11-20(22)25/h1-4,6-10,12-13H,5,11,14-16H2. The summed E-state index contributed by atoms with van der Waals surface area (Å²) in [4.78, 5) is 17.5. The van der Waals surface area contributed by atoms with E-state index in [4.69, 9.17) is 5.10 Å². The number of thioether (sulfide) groups is 1. The van der Waals surface area contributed by atoms with Gasteiger partial charge >= 0.3 is 0 Å². The molecule has 2 aliphatic heterocycles. The van der Waals surface area contributed by atoms with E-state index in [1.165, 1.54) is 15.5 Å². The monoisotopic (exact) mass is 387 g/mol. The van der Waals surface area contributed by atoms with Crippen molar-refractivity contribution in [2.24, 2.45) is 5.10 Å². The third-order valence-corrected chi connectivity index (χ3v) is 6.45. The molecule has 4 nitrogen and oxygen atoms in total. The van der Waals surface area contributed by atoms with Crippen LogP contribution in [-0.4, -0.2) is 23.3 Å². The molecule has 0 aromatic heterocycles. The fraction of sp³-hybridized carbons (Fsp3) is 0.217. The number of para-hydroxylation sites is 1. The molecule has 0 fully saturated rings. The summed E-state index contributed by atoms with van der Waals surface area (Å²) >= 11 is 1.82. The molecule has 1 aliphatic carbocycles. The maximum absolute atomic E-state index is 12.7. The Labute approximate surface area is 169 Å². The molecule has 2 heterocycles. The number of hydrogen-bond acceptors (Lipinski definition) is 4. The molecule has 0 radical (unpaired) electrons. The lowest BCUT2D eigenvalue weighted by molar-refractivity contribution is -0.131. The minimum Gasteiger partial charge on any atom is -0.323 e. The summed E-state index contributed by atoms with van der Waals surface area (Å²) in [6, 6.07) is 18.6. The van der Waals surface area contributed by atoms with Crippen LogP contribution in [-0.2, 0) is 4.79 Å². The van der Waals surface area contributed by atoms with E-state index in [2.05, 4.69) is 53.5 Å². The van der Waals surface area contributed by atoms with Crippen LogP contribution >= 0.6 is 11.8 Å². The SMILES string of the molecule is O=C1CCC(c2ccccc2)=NN1CN1C2=C(C=CCC2)Sc2ccccc21. The number of fused-ring (bicyclic) bond motifs is 1. The number of carbonyl (C=O) groups excluding carboxylic acids is 1. The molecule has 0 spiro atoms. The molecule has 0 bridgehead atoms. The van der Waals surface area contributed by atoms with Crippen LogP contribution in [0.5, 0.6) is 0 Å². The molecule has 0 saturated heterocycles. The Morgan fingerprint density at radius 1 is 0.964 bits per heavy atom. The van der Waals surface area contributed by atoms with Crippen LogP contribution in [0, 0.1) is 0 Å². The number of allylic oxidation sites excluding steroid dienone is 3. The molecule has 28 heavy (non-hydrogen) atoms. The van der Waals surface area contributed by atoms with Crippen molar-refractivity contribution >= 4 is 29.1 Å². The van der Waals surface area contributed by atoms with E-state index < -0.39 is 0 Å². The normalized spacial score (nSPS) is 18.7. The summed E-state index contributed by atoms with van der Waals surface area (Å²) in [6.45, 7) is 0.458. The van der Waals surface area contributed by atoms with E-state index >= 15 is 0 Å². The van der Waals surface area contributed by atoms with Gasteiger partial charge in [-0.1, -0.05) is 66.4 Å². The Balaban J connectivity index is 1.51. The maximum atomic E-state index is 12.7. The first kappa shape index (κ1) is 17.3. The van der Waals surface area contributed by atoms with Gasteiger partial charge in [-0.05, 0) is 30.5 Å². The molecule has 0 unspecified atom stereocenters. The number of amides is 1. The zero-order chi connectivity index (χ0) is 18.9. The summed E-state index contributed by atoms with van der Waals surface area (Å²) in [5, 5.41) is 6.40. The highest BCUT2D eigenvalue weighted by molar-refractivity contribution is 8.03. The second-order valence-electron chi connectivity index (χ2n) is 7.10. The summed E-state index contributed by atoms with van der Waals surface area (Å²) < 4.78 is 0. The molecule has 5 rings (SSSR count). The summed E-state index contributed by atoms with van der Waals surface area (Å²) in [6.07, 6.45) is 7.67. The van der Waals surface area contributed by atoms with Crippen molar-refractivity contribution in [2.75, 3.05) is 11.6 Å². The van der Waals surface area contributed by atoms with Gasteiger partial charge in [0.15, 0.2) is 0 Å². The smallest absolute Gasteiger partial charge is 0.244 e. The van der Waals surface area contributed by atoms with E-state index in [9.17, 15) is 4.79 Å². The minimum atomic E-state index is 0.0869. The van der Waals surface area contributed by atoms with Crippen molar-refractivity contribution in [1.82, 2.24) is 5.01 Å². The van der Waals surface area contributed by atoms with E-state index in [0.717, 1.165) is 29.8 Å². The first-order chi connectivity index (χ1) is 13.8. The van der Waals surface area contributed by atoms with Crippen molar-refractivity contribution in [3.63, 3.8) is 0 Å². The number of anilines is 1. The van der Waals surface area contributed by atoms with Crippen LogP contribution in [0.3, 0.4) is 0 Å². The van der Waals surface area contributed by atoms with Gasteiger partial charge in [0.1, 0.15) is 6.67 Å². The first-order valence-electron chi connectivity index (χ1n) is 9.67. The third kappa shape index (κ3) is 3.16. The van der Waals surface area contributed by atoms with Gasteiger partial charge in [0, 0.05) is 28.3 Å². The van der Waals surface area contributed by atoms with Gasteiger partial charge < -0.3 is 4.90 Å². The Morgan fingerprint density at radius 2 is 1.79 bits per heavy atom. The molecule has 140 valence electrons. The second-order valence-corrected chi connectivity index (χ2v) is 8.18. The van der Waals surface area contributed by atoms with Crippen LogP contribution in [0.15, 0.2) is 87.3 Å². The quantitative estimate of drug-likeness (QED) is 0.731. The van der Waals surface area contributed by atoms with Crippen molar-refractivity contribution in [1.29, 1.82) is 0 Å². The van der Waals surface area contributed by atoms with Crippen LogP contribution < -0.4 is 4.90 Å². The average Bonchev–Trinajstić information content (AvgIpc) is 2.75. The van der Waals surface area contributed by atoms with Gasteiger partial charge in [-0.25, -0.2) is 5.01 Å². The number of rotatable bonds is 3. The number of hydrazone groups is 1. The van der Waals surface area contributed by atoms with Crippen LogP contribution in [0.2, 0.25) is 0 Å². The molecule has 2 aromatic carbocycles. The number of carbonyl (C=O) groups is 1. The molecule has 0 atom stereocenters. The zero-order valence-corrected chi connectivity index (χ0v) is 16.4. The third-order valence-electron chi connectivity index (χ3n) is 5.29. The van der Waals surface area contributed by atoms with Gasteiger partial charge in [-0.3, -0.25) is 4.79 Å². The van der Waals surface area contributed by atoms with Crippen LogP contribution in [0.1, 0.15) is 31.2 Å². The number of nitrogens with zero attached hydrogens (tertiary/aromatic N) is 3. The Morgan fingerprint density at radius 3 is 2.68 bits per heavy atom. The lowest BCUT2D eigenvalue weighted by atomic mass is 10.0. The molecule has 3 aliphatic rings. The molecular weight excluding hydrogens is 366 g/mol. The van der Waals surface area contributed by atoms with Gasteiger partial charge in [-0.15, -0.1) is 0 Å². The Hall–Kier alpha value is -2.79. The molecular formula is C23H21N3OS. The summed E-state index contributed by atoms with van der Waals surface area (Å²) in [7, 11) is 0. The molecule has 0 N–H and O–H groups in total. The Kier molecular flexibility index (Phi) is 4.53. The topological polar surface area (TPSA) is 35.9 Å². The largest absolute Gasteiger partial charge is 0.323 e. The van der Waals surface area contributed by atoms with Crippen molar-refractivity contribution in [2.45, 2.75) is 30.6 Å². The lowest BCUT2D eigenvalue weighted by Gasteiger charge is -2.38. The van der Waals surface area contributed by atoms with Gasteiger partial charge in [0.2, 0.25) is 5.91 Å². The zero-order valence-electron chi connectivity index (χ0n) is 15.5. The lowest BCUT2D eigenvalue weighted by Crippen LogP contribution is -2.42. The minimum absolute atomic E-state index is 0.0869. The summed E-state index contributed by atoms with van der Waals surface area (Å²) in [5.74, 6) is 0.0869. The fourth-order valence-corrected chi connectivity index (χ4v) is 5.03. The van der Waals surface area contributed by atoms with E-state index in [1.54, 1.807) is 5.01 Å².